The molecule has 1 aliphatic rings. The maximum absolute atomic E-state index is 8.84. The van der Waals surface area contributed by atoms with Crippen LogP contribution in [0.25, 0.3) is 0 Å². The first-order chi connectivity index (χ1) is 7.83. The zero-order valence-electron chi connectivity index (χ0n) is 9.19. The normalized spacial score (nSPS) is 15.5. The van der Waals surface area contributed by atoms with Gasteiger partial charge in [0.05, 0.1) is 11.6 Å². The number of hydrogen-bond donors (Lipinski definition) is 1. The van der Waals surface area contributed by atoms with Crippen LogP contribution in [0.2, 0.25) is 0 Å². The monoisotopic (exact) mass is 213 g/mol. The van der Waals surface area contributed by atoms with Gasteiger partial charge in [0.1, 0.15) is 0 Å². The van der Waals surface area contributed by atoms with Gasteiger partial charge in [-0.05, 0) is 24.6 Å². The molecule has 82 valence electrons. The Morgan fingerprint density at radius 3 is 2.94 bits per heavy atom. The second kappa shape index (κ2) is 4.82. The minimum Gasteiger partial charge on any atom is -0.367 e. The molecule has 0 aliphatic carbocycles. The number of nitriles is 1. The van der Waals surface area contributed by atoms with Crippen LogP contribution in [0.1, 0.15) is 12.0 Å². The quantitative estimate of drug-likeness (QED) is 0.760. The van der Waals surface area contributed by atoms with Gasteiger partial charge in [-0.15, -0.1) is 0 Å². The molecule has 1 aromatic carbocycles. The van der Waals surface area contributed by atoms with Gasteiger partial charge in [0.2, 0.25) is 0 Å². The molecular weight excluding hydrogens is 198 g/mol. The molecule has 0 unspecified atom stereocenters. The molecule has 0 saturated carbocycles. The molecule has 1 heterocycles. The Balaban J connectivity index is 2.14. The highest BCUT2D eigenvalue weighted by atomic mass is 15.1. The van der Waals surface area contributed by atoms with Gasteiger partial charge in [-0.25, -0.2) is 0 Å². The second-order valence-corrected chi connectivity index (χ2v) is 3.92. The first kappa shape index (κ1) is 10.7. The van der Waals surface area contributed by atoms with Crippen molar-refractivity contribution in [2.24, 2.45) is 5.73 Å². The largest absolute Gasteiger partial charge is 0.367 e. The van der Waals surface area contributed by atoms with Crippen molar-refractivity contribution in [1.29, 1.82) is 5.26 Å². The summed E-state index contributed by atoms with van der Waals surface area (Å²) in [6.45, 7) is 2.53. The van der Waals surface area contributed by atoms with Crippen LogP contribution in [0.4, 0.5) is 5.69 Å². The molecule has 0 bridgehead atoms. The predicted octanol–water partition coefficient (Wildman–Crippen LogP) is 1.65. The fraction of sp³-hybridized carbons (Fsp3) is 0.308. The van der Waals surface area contributed by atoms with Gasteiger partial charge in [-0.1, -0.05) is 17.7 Å². The van der Waals surface area contributed by atoms with Crippen molar-refractivity contribution >= 4 is 5.69 Å². The van der Waals surface area contributed by atoms with Crippen LogP contribution in [0.15, 0.2) is 35.9 Å². The van der Waals surface area contributed by atoms with E-state index in [2.05, 4.69) is 17.0 Å². The lowest BCUT2D eigenvalue weighted by Crippen LogP contribution is -2.29. The summed E-state index contributed by atoms with van der Waals surface area (Å²) in [4.78, 5) is 2.26. The summed E-state index contributed by atoms with van der Waals surface area (Å²) in [6, 6.07) is 9.89. The molecule has 0 aromatic heterocycles. The van der Waals surface area contributed by atoms with Crippen LogP contribution in [-0.2, 0) is 0 Å². The van der Waals surface area contributed by atoms with Crippen molar-refractivity contribution in [2.45, 2.75) is 6.42 Å². The Morgan fingerprint density at radius 1 is 1.44 bits per heavy atom. The van der Waals surface area contributed by atoms with Gasteiger partial charge >= 0.3 is 0 Å². The molecule has 0 spiro atoms. The first-order valence-electron chi connectivity index (χ1n) is 5.46. The molecular formula is C13H15N3. The minimum atomic E-state index is 0.659. The van der Waals surface area contributed by atoms with E-state index in [-0.39, 0.29) is 0 Å². The third-order valence-electron chi connectivity index (χ3n) is 2.91. The highest BCUT2D eigenvalue weighted by molar-refractivity contribution is 5.52. The fourth-order valence-corrected chi connectivity index (χ4v) is 1.90. The van der Waals surface area contributed by atoms with E-state index in [4.69, 9.17) is 11.0 Å². The summed E-state index contributed by atoms with van der Waals surface area (Å²) in [5.41, 5.74) is 8.76. The number of anilines is 1. The Bertz CT molecular complexity index is 443. The SMILES string of the molecule is N#Cc1cccc(N2CC=C(CN)CC2)c1. The van der Waals surface area contributed by atoms with Crippen molar-refractivity contribution in [3.05, 3.63) is 41.5 Å². The molecule has 0 fully saturated rings. The summed E-state index contributed by atoms with van der Waals surface area (Å²) in [5.74, 6) is 0. The number of nitrogens with zero attached hydrogens (tertiary/aromatic N) is 2. The highest BCUT2D eigenvalue weighted by Gasteiger charge is 2.11. The fourth-order valence-electron chi connectivity index (χ4n) is 1.90. The van der Waals surface area contributed by atoms with Gasteiger partial charge in [-0.2, -0.15) is 5.26 Å². The molecule has 3 nitrogen and oxygen atoms in total. The summed E-state index contributed by atoms with van der Waals surface area (Å²) >= 11 is 0. The van der Waals surface area contributed by atoms with Crippen LogP contribution in [-0.4, -0.2) is 19.6 Å². The maximum atomic E-state index is 8.84. The predicted molar refractivity (Wildman–Crippen MR) is 65.1 cm³/mol. The van der Waals surface area contributed by atoms with Crippen molar-refractivity contribution in [2.75, 3.05) is 24.5 Å². The Hall–Kier alpha value is -1.79. The summed E-state index contributed by atoms with van der Waals surface area (Å²) in [6.07, 6.45) is 3.20. The molecule has 0 saturated heterocycles. The van der Waals surface area contributed by atoms with Crippen LogP contribution in [0, 0.1) is 11.3 Å². The lowest BCUT2D eigenvalue weighted by Gasteiger charge is -2.28. The van der Waals surface area contributed by atoms with E-state index in [0.29, 0.717) is 12.1 Å². The Labute approximate surface area is 95.8 Å². The van der Waals surface area contributed by atoms with Crippen LogP contribution >= 0.6 is 0 Å². The molecule has 0 atom stereocenters. The van der Waals surface area contributed by atoms with Crippen molar-refractivity contribution in [3.63, 3.8) is 0 Å². The van der Waals surface area contributed by atoms with E-state index in [9.17, 15) is 0 Å². The molecule has 2 rings (SSSR count). The van der Waals surface area contributed by atoms with Crippen molar-refractivity contribution < 1.29 is 0 Å². The molecule has 0 radical (unpaired) electrons. The molecule has 0 amide bonds. The minimum absolute atomic E-state index is 0.659. The van der Waals surface area contributed by atoms with E-state index >= 15 is 0 Å². The zero-order valence-corrected chi connectivity index (χ0v) is 9.19. The number of rotatable bonds is 2. The summed E-state index contributed by atoms with van der Waals surface area (Å²) < 4.78 is 0. The smallest absolute Gasteiger partial charge is 0.0992 e. The van der Waals surface area contributed by atoms with E-state index in [1.165, 1.54) is 5.57 Å². The Kier molecular flexibility index (Phi) is 3.23. The van der Waals surface area contributed by atoms with Crippen LogP contribution in [0.5, 0.6) is 0 Å². The maximum Gasteiger partial charge on any atom is 0.0992 e. The lowest BCUT2D eigenvalue weighted by molar-refractivity contribution is 0.773. The zero-order chi connectivity index (χ0) is 11.4. The summed E-state index contributed by atoms with van der Waals surface area (Å²) in [7, 11) is 0. The third kappa shape index (κ3) is 2.23. The molecule has 2 N–H and O–H groups in total. The molecule has 3 heteroatoms. The molecule has 1 aliphatic heterocycles. The van der Waals surface area contributed by atoms with E-state index in [1.807, 2.05) is 24.3 Å². The van der Waals surface area contributed by atoms with E-state index in [1.54, 1.807) is 0 Å². The van der Waals surface area contributed by atoms with Crippen molar-refractivity contribution in [3.8, 4) is 6.07 Å². The van der Waals surface area contributed by atoms with E-state index < -0.39 is 0 Å². The van der Waals surface area contributed by atoms with Crippen LogP contribution in [0.3, 0.4) is 0 Å². The number of hydrogen-bond acceptors (Lipinski definition) is 3. The number of benzene rings is 1. The summed E-state index contributed by atoms with van der Waals surface area (Å²) in [5, 5.41) is 8.84. The van der Waals surface area contributed by atoms with Gasteiger partial charge in [0, 0.05) is 25.3 Å². The molecule has 1 aromatic rings. The van der Waals surface area contributed by atoms with Gasteiger partial charge in [-0.3, -0.25) is 0 Å². The number of nitrogens with two attached hydrogens (primary N) is 1. The standard InChI is InChI=1S/C13H15N3/c14-9-11-4-6-16(7-5-11)13-3-1-2-12(8-13)10-15/h1-4,8H,5-7,9,14H2. The van der Waals surface area contributed by atoms with Crippen LogP contribution < -0.4 is 10.6 Å². The topological polar surface area (TPSA) is 53.0 Å². The third-order valence-corrected chi connectivity index (χ3v) is 2.91. The highest BCUT2D eigenvalue weighted by Crippen LogP contribution is 2.20. The van der Waals surface area contributed by atoms with E-state index in [0.717, 1.165) is 25.2 Å². The molecule has 16 heavy (non-hydrogen) atoms. The lowest BCUT2D eigenvalue weighted by atomic mass is 10.1. The average molecular weight is 213 g/mol. The van der Waals surface area contributed by atoms with Gasteiger partial charge < -0.3 is 10.6 Å². The Morgan fingerprint density at radius 2 is 2.31 bits per heavy atom. The first-order valence-corrected chi connectivity index (χ1v) is 5.46. The van der Waals surface area contributed by atoms with Gasteiger partial charge in [0.15, 0.2) is 0 Å². The average Bonchev–Trinajstić information content (AvgIpc) is 2.39. The second-order valence-electron chi connectivity index (χ2n) is 3.92. The van der Waals surface area contributed by atoms with Crippen molar-refractivity contribution in [1.82, 2.24) is 0 Å². The van der Waals surface area contributed by atoms with Gasteiger partial charge in [0.25, 0.3) is 0 Å².